The molecule has 5 nitrogen and oxygen atoms in total. The van der Waals surface area contributed by atoms with Crippen LogP contribution in [0.4, 0.5) is 13.2 Å². The zero-order valence-electron chi connectivity index (χ0n) is 15.7. The number of halogens is 3. The third-order valence-electron chi connectivity index (χ3n) is 4.62. The first-order valence-corrected chi connectivity index (χ1v) is 9.37. The molecular weight excluding hydrogens is 377 g/mol. The van der Waals surface area contributed by atoms with Gasteiger partial charge in [0.15, 0.2) is 12.6 Å². The molecule has 2 heterocycles. The molecule has 0 aliphatic carbocycles. The lowest BCUT2D eigenvalue weighted by Crippen LogP contribution is -2.44. The van der Waals surface area contributed by atoms with Gasteiger partial charge in [-0.3, -0.25) is 0 Å². The van der Waals surface area contributed by atoms with Crippen LogP contribution in [0.1, 0.15) is 18.9 Å². The lowest BCUT2D eigenvalue weighted by molar-refractivity contribution is -0.278. The maximum atomic E-state index is 12.2. The van der Waals surface area contributed by atoms with E-state index in [2.05, 4.69) is 10.8 Å². The van der Waals surface area contributed by atoms with Crippen molar-refractivity contribution in [3.8, 4) is 5.75 Å². The summed E-state index contributed by atoms with van der Waals surface area (Å²) in [6.07, 6.45) is -0.0365. The molecule has 2 fully saturated rings. The third-order valence-corrected chi connectivity index (χ3v) is 4.62. The molecule has 0 bridgehead atoms. The number of rotatable bonds is 6. The molecule has 0 N–H and O–H groups in total. The van der Waals surface area contributed by atoms with Crippen molar-refractivity contribution in [2.45, 2.75) is 38.7 Å². The molecular formula is C20H25F3O5. The Hall–Kier alpha value is -1.61. The van der Waals surface area contributed by atoms with Crippen molar-refractivity contribution in [3.05, 3.63) is 42.0 Å². The van der Waals surface area contributed by atoms with Gasteiger partial charge in [-0.1, -0.05) is 24.3 Å². The van der Waals surface area contributed by atoms with E-state index in [-0.39, 0.29) is 30.2 Å². The Morgan fingerprint density at radius 1 is 1.00 bits per heavy atom. The molecule has 0 saturated carbocycles. The van der Waals surface area contributed by atoms with Crippen LogP contribution in [0.2, 0.25) is 0 Å². The fourth-order valence-electron chi connectivity index (χ4n) is 3.21. The molecule has 156 valence electrons. The first kappa shape index (κ1) is 21.1. The summed E-state index contributed by atoms with van der Waals surface area (Å²) in [6.45, 7) is 4.20. The molecule has 2 saturated heterocycles. The topological polar surface area (TPSA) is 46.2 Å². The summed E-state index contributed by atoms with van der Waals surface area (Å²) in [5, 5.41) is 0. The van der Waals surface area contributed by atoms with Crippen LogP contribution < -0.4 is 4.74 Å². The van der Waals surface area contributed by atoms with Gasteiger partial charge in [0, 0.05) is 12.3 Å². The van der Waals surface area contributed by atoms with E-state index in [1.807, 2.05) is 13.0 Å². The maximum absolute atomic E-state index is 12.2. The average molecular weight is 402 g/mol. The average Bonchev–Trinajstić information content (AvgIpc) is 2.68. The molecule has 28 heavy (non-hydrogen) atoms. The second-order valence-corrected chi connectivity index (χ2v) is 6.91. The molecule has 0 spiro atoms. The zero-order chi connectivity index (χ0) is 20.0. The van der Waals surface area contributed by atoms with Gasteiger partial charge in [0.1, 0.15) is 5.75 Å². The van der Waals surface area contributed by atoms with Gasteiger partial charge in [-0.15, -0.1) is 13.2 Å². The molecule has 8 heteroatoms. The van der Waals surface area contributed by atoms with E-state index in [9.17, 15) is 13.2 Å². The van der Waals surface area contributed by atoms with E-state index in [0.717, 1.165) is 5.56 Å². The fraction of sp³-hybridized carbons (Fsp3) is 0.600. The number of hydrogen-bond acceptors (Lipinski definition) is 5. The third kappa shape index (κ3) is 6.48. The number of ether oxygens (including phenoxy) is 5. The summed E-state index contributed by atoms with van der Waals surface area (Å²) in [6, 6.07) is 5.83. The summed E-state index contributed by atoms with van der Waals surface area (Å²) < 4.78 is 63.4. The van der Waals surface area contributed by atoms with Crippen LogP contribution in [0.25, 0.3) is 0 Å². The smallest absolute Gasteiger partial charge is 0.406 e. The van der Waals surface area contributed by atoms with Gasteiger partial charge in [0.2, 0.25) is 0 Å². The van der Waals surface area contributed by atoms with Crippen LogP contribution in [-0.2, 0) is 25.4 Å². The van der Waals surface area contributed by atoms with Gasteiger partial charge in [-0.25, -0.2) is 0 Å². The summed E-state index contributed by atoms with van der Waals surface area (Å²) in [5.41, 5.74) is 0.887. The second kappa shape index (κ2) is 9.73. The monoisotopic (exact) mass is 402 g/mol. The first-order chi connectivity index (χ1) is 13.4. The minimum atomic E-state index is -4.68. The van der Waals surface area contributed by atoms with Crippen molar-refractivity contribution in [3.63, 3.8) is 0 Å². The molecule has 2 aliphatic rings. The number of benzene rings is 1. The van der Waals surface area contributed by atoms with Crippen molar-refractivity contribution in [2.75, 3.05) is 26.4 Å². The highest BCUT2D eigenvalue weighted by molar-refractivity contribution is 5.27. The summed E-state index contributed by atoms with van der Waals surface area (Å²) in [7, 11) is 0. The molecule has 2 aliphatic heterocycles. The van der Waals surface area contributed by atoms with E-state index < -0.39 is 6.36 Å². The predicted octanol–water partition coefficient (Wildman–Crippen LogP) is 4.07. The van der Waals surface area contributed by atoms with E-state index >= 15 is 0 Å². The fourth-order valence-corrected chi connectivity index (χ4v) is 3.21. The largest absolute Gasteiger partial charge is 0.573 e. The van der Waals surface area contributed by atoms with Crippen molar-refractivity contribution >= 4 is 0 Å². The van der Waals surface area contributed by atoms with Crippen LogP contribution in [0.3, 0.4) is 0 Å². The lowest BCUT2D eigenvalue weighted by Gasteiger charge is -2.37. The van der Waals surface area contributed by atoms with Crippen LogP contribution in [0.5, 0.6) is 5.75 Å². The van der Waals surface area contributed by atoms with Gasteiger partial charge >= 0.3 is 6.36 Å². The predicted molar refractivity (Wildman–Crippen MR) is 94.6 cm³/mol. The van der Waals surface area contributed by atoms with Crippen LogP contribution in [0.15, 0.2) is 36.4 Å². The maximum Gasteiger partial charge on any atom is 0.573 e. The highest BCUT2D eigenvalue weighted by atomic mass is 19.4. The quantitative estimate of drug-likeness (QED) is 0.672. The van der Waals surface area contributed by atoms with Crippen LogP contribution >= 0.6 is 0 Å². The van der Waals surface area contributed by atoms with Crippen molar-refractivity contribution in [2.24, 2.45) is 11.8 Å². The normalized spacial score (nSPS) is 29.1. The number of alkyl halides is 3. The van der Waals surface area contributed by atoms with E-state index in [0.29, 0.717) is 39.3 Å². The molecule has 1 aromatic rings. The van der Waals surface area contributed by atoms with Gasteiger partial charge in [0.05, 0.1) is 32.3 Å². The Morgan fingerprint density at radius 2 is 1.64 bits per heavy atom. The second-order valence-electron chi connectivity index (χ2n) is 6.91. The van der Waals surface area contributed by atoms with Crippen LogP contribution in [0, 0.1) is 11.8 Å². The van der Waals surface area contributed by atoms with Crippen molar-refractivity contribution in [1.29, 1.82) is 0 Å². The summed E-state index contributed by atoms with van der Waals surface area (Å²) in [4.78, 5) is 0. The molecule has 0 radical (unpaired) electrons. The standard InChI is InChI=1S/C20H25F3O5/c1-2-3-15-10-26-19(27-11-15)16-12-24-18(25-13-16)9-6-14-4-7-17(8-5-14)28-20(21,22)23/h2-5,7-8,15-16,18-19H,6,9-13H2,1H3/b3-2+/t15-,16-,18-,19-. The van der Waals surface area contributed by atoms with Crippen LogP contribution in [-0.4, -0.2) is 45.4 Å². The van der Waals surface area contributed by atoms with Gasteiger partial charge in [-0.05, 0) is 31.0 Å². The Balaban J connectivity index is 1.37. The minimum Gasteiger partial charge on any atom is -0.406 e. The van der Waals surface area contributed by atoms with Gasteiger partial charge in [0.25, 0.3) is 0 Å². The van der Waals surface area contributed by atoms with E-state index in [1.54, 1.807) is 12.1 Å². The highest BCUT2D eigenvalue weighted by Crippen LogP contribution is 2.26. The summed E-state index contributed by atoms with van der Waals surface area (Å²) >= 11 is 0. The van der Waals surface area contributed by atoms with Crippen molar-refractivity contribution in [1.82, 2.24) is 0 Å². The van der Waals surface area contributed by atoms with Gasteiger partial charge < -0.3 is 23.7 Å². The zero-order valence-corrected chi connectivity index (χ0v) is 15.7. The van der Waals surface area contributed by atoms with E-state index in [4.69, 9.17) is 18.9 Å². The SMILES string of the molecule is C/C=C/[C@H]1CO[C@H]([C@H]2CO[C@H](CCc3ccc(OC(F)(F)F)cc3)OC2)OC1. The molecule has 0 atom stereocenters. The van der Waals surface area contributed by atoms with Crippen molar-refractivity contribution < 1.29 is 36.9 Å². The molecule has 0 unspecified atom stereocenters. The first-order valence-electron chi connectivity index (χ1n) is 9.37. The van der Waals surface area contributed by atoms with Gasteiger partial charge in [-0.2, -0.15) is 0 Å². The summed E-state index contributed by atoms with van der Waals surface area (Å²) in [5.74, 6) is 0.0855. The number of hydrogen-bond donors (Lipinski definition) is 0. The minimum absolute atomic E-state index is 0.0293. The Labute approximate surface area is 162 Å². The Bertz CT molecular complexity index is 616. The lowest BCUT2D eigenvalue weighted by atomic mass is 10.1. The molecule has 0 amide bonds. The Kier molecular flexibility index (Phi) is 7.34. The number of allylic oxidation sites excluding steroid dienone is 1. The number of aryl methyl sites for hydroxylation is 1. The molecule has 1 aromatic carbocycles. The highest BCUT2D eigenvalue weighted by Gasteiger charge is 2.33. The molecule has 3 rings (SSSR count). The Morgan fingerprint density at radius 3 is 2.21 bits per heavy atom. The van der Waals surface area contributed by atoms with E-state index in [1.165, 1.54) is 12.1 Å². The molecule has 0 aromatic heterocycles.